The maximum atomic E-state index is 11.8. The number of non-ortho nitro benzene ring substituents is 2. The lowest BCUT2D eigenvalue weighted by Crippen LogP contribution is -2.53. The van der Waals surface area contributed by atoms with Crippen molar-refractivity contribution < 1.29 is 105 Å². The van der Waals surface area contributed by atoms with Gasteiger partial charge < -0.3 is 97.9 Å². The summed E-state index contributed by atoms with van der Waals surface area (Å²) < 4.78 is 30.8. The predicted octanol–water partition coefficient (Wildman–Crippen LogP) is 10.2. The number of hydrogen-bond acceptors (Lipinski definition) is 22. The van der Waals surface area contributed by atoms with Crippen LogP contribution in [0.4, 0.5) is 11.4 Å². The van der Waals surface area contributed by atoms with E-state index in [0.29, 0.717) is 61.2 Å². The maximum Gasteiger partial charge on any atom is 0.363 e. The zero-order valence-corrected chi connectivity index (χ0v) is 47.4. The first-order chi connectivity index (χ1) is 41.9. The molecule has 0 amide bonds. The number of hydrogen-bond donors (Lipinski definition) is 14. The zero-order chi connectivity index (χ0) is 63.4. The number of aliphatic hydroxyl groups is 3. The molecule has 0 radical (unpaired) electrons. The number of nitro benzene ring substituents is 2. The molecular formula is C64H58N2O23. The Morgan fingerprint density at radius 2 is 1.06 bits per heavy atom. The molecule has 0 fully saturated rings. The van der Waals surface area contributed by atoms with Crippen molar-refractivity contribution in [2.75, 3.05) is 7.11 Å². The van der Waals surface area contributed by atoms with Crippen molar-refractivity contribution in [2.45, 2.75) is 62.8 Å². The highest BCUT2D eigenvalue weighted by atomic mass is 16.7. The van der Waals surface area contributed by atoms with E-state index >= 15 is 0 Å². The molecule has 9 aromatic rings. The summed E-state index contributed by atoms with van der Waals surface area (Å²) in [5.74, 6) is -4.48. The van der Waals surface area contributed by atoms with Gasteiger partial charge >= 0.3 is 11.3 Å². The third kappa shape index (κ3) is 11.6. The second-order valence-corrected chi connectivity index (χ2v) is 20.9. The molecule has 0 aliphatic carbocycles. The number of aryl methyl sites for hydroxylation is 1. The lowest BCUT2D eigenvalue weighted by molar-refractivity contribution is -0.385. The Hall–Kier alpha value is -11.2. The Morgan fingerprint density at radius 3 is 1.65 bits per heavy atom. The summed E-state index contributed by atoms with van der Waals surface area (Å²) in [6.07, 6.45) is -3.73. The quantitative estimate of drug-likeness (QED) is 0.0242. The van der Waals surface area contributed by atoms with E-state index in [1.165, 1.54) is 121 Å². The molecule has 2 bridgehead atoms. The van der Waals surface area contributed by atoms with Crippen LogP contribution in [0, 0.1) is 40.5 Å². The fourth-order valence-electron chi connectivity index (χ4n) is 11.2. The third-order valence-electron chi connectivity index (χ3n) is 15.4. The molecule has 25 heteroatoms. The van der Waals surface area contributed by atoms with Gasteiger partial charge in [0, 0.05) is 108 Å². The third-order valence-corrected chi connectivity index (χ3v) is 15.4. The van der Waals surface area contributed by atoms with Crippen molar-refractivity contribution in [3.05, 3.63) is 206 Å². The van der Waals surface area contributed by atoms with Gasteiger partial charge in [0.2, 0.25) is 0 Å². The van der Waals surface area contributed by atoms with Gasteiger partial charge in [0.05, 0.1) is 44.6 Å². The average molecular weight is 1220 g/mol. The number of aromatic hydroxyl groups is 11. The second kappa shape index (κ2) is 24.3. The first kappa shape index (κ1) is 62.4. The van der Waals surface area contributed by atoms with E-state index in [4.69, 9.17) is 28.5 Å². The van der Waals surface area contributed by atoms with Gasteiger partial charge in [-0.1, -0.05) is 19.1 Å². The number of phenols is 11. The van der Waals surface area contributed by atoms with Gasteiger partial charge in [-0.25, -0.2) is 4.42 Å². The minimum Gasteiger partial charge on any atom is -0.508 e. The van der Waals surface area contributed by atoms with Gasteiger partial charge in [-0.3, -0.25) is 20.2 Å². The Morgan fingerprint density at radius 1 is 0.528 bits per heavy atom. The lowest BCUT2D eigenvalue weighted by Gasteiger charge is -2.51. The Balaban J connectivity index is 0.000000172. The highest BCUT2D eigenvalue weighted by Crippen LogP contribution is 2.63. The van der Waals surface area contributed by atoms with Crippen LogP contribution in [-0.4, -0.2) is 101 Å². The number of nitro groups is 2. The summed E-state index contributed by atoms with van der Waals surface area (Å²) in [5.41, 5.74) is 4.53. The molecule has 7 atom stereocenters. The number of benzene rings is 8. The summed E-state index contributed by atoms with van der Waals surface area (Å²) in [6.45, 7) is 3.62. The molecule has 5 heterocycles. The minimum atomic E-state index is -1.59. The molecule has 0 saturated carbocycles. The van der Waals surface area contributed by atoms with E-state index in [9.17, 15) is 86.6 Å². The van der Waals surface area contributed by atoms with Crippen molar-refractivity contribution in [3.63, 3.8) is 0 Å². The van der Waals surface area contributed by atoms with Crippen LogP contribution in [0.25, 0.3) is 22.3 Å². The topological polar surface area (TPSA) is 418 Å². The molecule has 13 rings (SSSR count). The van der Waals surface area contributed by atoms with Crippen LogP contribution < -0.4 is 18.9 Å². The number of phenolic OH excluding ortho intramolecular Hbond substituents is 11. The number of fused-ring (bicyclic) bond motifs is 10. The van der Waals surface area contributed by atoms with Crippen LogP contribution in [0.1, 0.15) is 69.6 Å². The van der Waals surface area contributed by atoms with Gasteiger partial charge in [-0.05, 0) is 84.8 Å². The van der Waals surface area contributed by atoms with E-state index in [1.54, 1.807) is 19.1 Å². The Kier molecular flexibility index (Phi) is 17.0. The summed E-state index contributed by atoms with van der Waals surface area (Å²) in [4.78, 5) is 21.6. The van der Waals surface area contributed by atoms with Gasteiger partial charge in [0.25, 0.3) is 17.2 Å². The number of ether oxygens (including phenoxy) is 4. The molecule has 3 unspecified atom stereocenters. The van der Waals surface area contributed by atoms with E-state index in [2.05, 4.69) is 0 Å². The summed E-state index contributed by atoms with van der Waals surface area (Å²) in [5, 5.41) is 160. The van der Waals surface area contributed by atoms with Crippen molar-refractivity contribution in [3.8, 4) is 97.6 Å². The molecule has 0 spiro atoms. The van der Waals surface area contributed by atoms with Crippen LogP contribution in [0.5, 0.6) is 86.2 Å². The molecule has 1 aromatic heterocycles. The molecule has 8 aromatic carbocycles. The van der Waals surface area contributed by atoms with Crippen molar-refractivity contribution in [2.24, 2.45) is 5.92 Å². The van der Waals surface area contributed by atoms with Gasteiger partial charge in [-0.2, -0.15) is 0 Å². The van der Waals surface area contributed by atoms with E-state index in [1.807, 2.05) is 6.92 Å². The predicted molar refractivity (Wildman–Crippen MR) is 316 cm³/mol. The monoisotopic (exact) mass is 1220 g/mol. The van der Waals surface area contributed by atoms with Crippen LogP contribution in [0.3, 0.4) is 0 Å². The smallest absolute Gasteiger partial charge is 0.363 e. The largest absolute Gasteiger partial charge is 0.508 e. The van der Waals surface area contributed by atoms with Crippen molar-refractivity contribution in [1.29, 1.82) is 0 Å². The lowest BCUT2D eigenvalue weighted by atomic mass is 9.70. The molecule has 89 heavy (non-hydrogen) atoms. The summed E-state index contributed by atoms with van der Waals surface area (Å²) in [6, 6.07) is 30.9. The first-order valence-electron chi connectivity index (χ1n) is 26.7. The van der Waals surface area contributed by atoms with E-state index < -0.39 is 63.4 Å². The van der Waals surface area contributed by atoms with Crippen LogP contribution in [0.2, 0.25) is 0 Å². The van der Waals surface area contributed by atoms with Crippen LogP contribution in [0.15, 0.2) is 138 Å². The molecule has 4 aliphatic heterocycles. The van der Waals surface area contributed by atoms with E-state index in [0.717, 1.165) is 12.7 Å². The van der Waals surface area contributed by atoms with Crippen LogP contribution >= 0.6 is 0 Å². The fourth-order valence-corrected chi connectivity index (χ4v) is 11.2. The molecule has 4 aliphatic rings. The number of aliphatic hydroxyl groups excluding tert-OH is 3. The number of nitrogens with zero attached hydrogens (tertiary/aromatic N) is 2. The summed E-state index contributed by atoms with van der Waals surface area (Å²) in [7, 11) is 1.00. The highest BCUT2D eigenvalue weighted by molar-refractivity contribution is 5.83. The number of rotatable bonds is 6. The van der Waals surface area contributed by atoms with Gasteiger partial charge in [0.15, 0.2) is 46.0 Å². The normalized spacial score (nSPS) is 19.6. The molecule has 0 saturated heterocycles. The minimum absolute atomic E-state index is 0. The Bertz CT molecular complexity index is 4250. The van der Waals surface area contributed by atoms with Crippen molar-refractivity contribution in [1.82, 2.24) is 0 Å². The van der Waals surface area contributed by atoms with Gasteiger partial charge in [0.1, 0.15) is 52.5 Å². The maximum absolute atomic E-state index is 11.8. The molecular weight excluding hydrogens is 1160 g/mol. The summed E-state index contributed by atoms with van der Waals surface area (Å²) >= 11 is 0. The van der Waals surface area contributed by atoms with Crippen LogP contribution in [-0.2, 0) is 18.6 Å². The van der Waals surface area contributed by atoms with E-state index in [-0.39, 0.29) is 106 Å². The van der Waals surface area contributed by atoms with Crippen molar-refractivity contribution >= 4 is 22.3 Å². The zero-order valence-electron chi connectivity index (χ0n) is 47.4. The molecule has 14 N–H and O–H groups in total. The second-order valence-electron chi connectivity index (χ2n) is 20.9. The highest BCUT2D eigenvalue weighted by Gasteiger charge is 2.58. The SMILES string of the molecule is CC1C2c3cc([N+](=O)[O-])ccc3OC1(c1ccc(O)c(O)c1)Oc1cc(O)c3c(c12)O[C@H](c1ccc(O)c(O)c1)[C@@H](O)C3.CO.Cc1cc2cc([N+](=O)[O-])ccc2[o+]c1-c1ccc(O)c(O)c1.Oc1cc(O)c2c(c1)O[C@H](c1ccc(O)c(O)c1)[C@@H](O)C2.[CH3-]. The molecule has 462 valence electrons. The fraction of sp³-hybridized carbons (Fsp3) is 0.188. The average Bonchev–Trinajstić information content (AvgIpc) is 0.755. The first-order valence-corrected chi connectivity index (χ1v) is 26.7. The Labute approximate surface area is 504 Å². The van der Waals surface area contributed by atoms with Gasteiger partial charge in [-0.15, -0.1) is 0 Å². The standard InChI is InChI=1S/C31H25NO11.C16H11NO5.C15H14O6.CH4O.CH3/c1-13-27-18-10-16(32(39)40)4-7-25(18)42-31(13,15-3-6-20(34)23(37)9-15)43-26-12-21(35)17-11-24(38)29(41-30(17)28(26)27)14-2-5-19(33)22(36)8-14;1-9-6-11-7-12(17(20)21)3-5-15(11)22-16(9)10-2-4-13(18)14(19)8-10;16-8-4-11(18)9-6-13(20)15(21-14(9)5-8)7-1-2-10(17)12(19)3-7;1-2;/h2-10,12-13,24,27,29,33-38H,11H2,1H3;2-8H,1H3,(H-,18,19);1-5,13,15-20H,6H2;2H,1H3;1H3/q;;;;-1/p+1/t13?,24-,27?,29+,31?;;13-,15+;;/m0.0../s1. The molecule has 25 nitrogen and oxygen atoms in total.